The summed E-state index contributed by atoms with van der Waals surface area (Å²) in [5.41, 5.74) is -0.291. The van der Waals surface area contributed by atoms with E-state index >= 15 is 0 Å². The lowest BCUT2D eigenvalue weighted by molar-refractivity contribution is -0.129. The molecule has 1 N–H and O–H groups in total. The Hall–Kier alpha value is -2.77. The van der Waals surface area contributed by atoms with Gasteiger partial charge in [0.05, 0.1) is 6.54 Å². The molecule has 8 nitrogen and oxygen atoms in total. The maximum absolute atomic E-state index is 12.9. The molecule has 1 heterocycles. The first-order valence-corrected chi connectivity index (χ1v) is 10.1. The number of piperazine rings is 1. The summed E-state index contributed by atoms with van der Waals surface area (Å²) in [7, 11) is 0. The lowest BCUT2D eigenvalue weighted by Gasteiger charge is -2.41. The van der Waals surface area contributed by atoms with E-state index in [9.17, 15) is 14.4 Å². The van der Waals surface area contributed by atoms with Gasteiger partial charge in [0.15, 0.2) is 0 Å². The van der Waals surface area contributed by atoms with Crippen molar-refractivity contribution in [3.8, 4) is 0 Å². The molecule has 0 spiro atoms. The minimum absolute atomic E-state index is 0.0365. The van der Waals surface area contributed by atoms with E-state index in [-0.39, 0.29) is 32.1 Å². The summed E-state index contributed by atoms with van der Waals surface area (Å²) in [6.45, 7) is 11.5. The van der Waals surface area contributed by atoms with Crippen LogP contribution in [0.25, 0.3) is 0 Å². The summed E-state index contributed by atoms with van der Waals surface area (Å²) >= 11 is 0. The van der Waals surface area contributed by atoms with Crippen molar-refractivity contribution in [1.82, 2.24) is 15.1 Å². The first-order valence-electron chi connectivity index (χ1n) is 10.1. The maximum atomic E-state index is 12.9. The molecule has 3 amide bonds. The summed E-state index contributed by atoms with van der Waals surface area (Å²) in [5, 5.41) is 2.89. The molecule has 2 rings (SSSR count). The zero-order valence-corrected chi connectivity index (χ0v) is 18.7. The number of benzene rings is 1. The Labute approximate surface area is 178 Å². The molecular weight excluding hydrogens is 386 g/mol. The van der Waals surface area contributed by atoms with Gasteiger partial charge in [0.2, 0.25) is 5.91 Å². The Bertz CT molecular complexity index is 752. The van der Waals surface area contributed by atoms with Crippen molar-refractivity contribution in [2.24, 2.45) is 0 Å². The van der Waals surface area contributed by atoms with E-state index in [4.69, 9.17) is 9.47 Å². The largest absolute Gasteiger partial charge is 0.445 e. The van der Waals surface area contributed by atoms with E-state index in [2.05, 4.69) is 5.32 Å². The molecule has 1 aliphatic heterocycles. The highest BCUT2D eigenvalue weighted by atomic mass is 16.6. The molecule has 30 heavy (non-hydrogen) atoms. The summed E-state index contributed by atoms with van der Waals surface area (Å²) in [6, 6.07) is 8.50. The fraction of sp³-hybridized carbons (Fsp3) is 0.591. The van der Waals surface area contributed by atoms with Crippen LogP contribution in [0.15, 0.2) is 30.3 Å². The average molecular weight is 420 g/mol. The van der Waals surface area contributed by atoms with Gasteiger partial charge in [0.1, 0.15) is 18.2 Å². The van der Waals surface area contributed by atoms with E-state index in [0.29, 0.717) is 0 Å². The number of nitrogens with zero attached hydrogens (tertiary/aromatic N) is 2. The zero-order chi connectivity index (χ0) is 22.5. The van der Waals surface area contributed by atoms with Crippen molar-refractivity contribution in [3.05, 3.63) is 35.9 Å². The number of carbonyl (C=O) groups is 3. The number of nitrogens with one attached hydrogen (secondary N) is 1. The summed E-state index contributed by atoms with van der Waals surface area (Å²) in [4.78, 5) is 41.0. The number of ether oxygens (including phenoxy) is 2. The van der Waals surface area contributed by atoms with Crippen LogP contribution < -0.4 is 5.32 Å². The van der Waals surface area contributed by atoms with Gasteiger partial charge in [-0.2, -0.15) is 0 Å². The molecule has 1 aromatic rings. The van der Waals surface area contributed by atoms with Crippen LogP contribution in [0.1, 0.15) is 47.1 Å². The van der Waals surface area contributed by atoms with Crippen LogP contribution in [0.4, 0.5) is 9.59 Å². The molecule has 0 unspecified atom stereocenters. The van der Waals surface area contributed by atoms with Gasteiger partial charge in [-0.05, 0) is 47.1 Å². The summed E-state index contributed by atoms with van der Waals surface area (Å²) in [6.07, 6.45) is -1.09. The second kappa shape index (κ2) is 9.36. The Balaban J connectivity index is 2.09. The van der Waals surface area contributed by atoms with Crippen LogP contribution in [0.5, 0.6) is 0 Å². The van der Waals surface area contributed by atoms with E-state index in [0.717, 1.165) is 5.56 Å². The standard InChI is InChI=1S/C22H33N3O5/c1-21(2,3)23-18(26)17-14-24(12-13-25(17)20(28)30-22(4,5)6)19(27)29-15-16-10-8-7-9-11-16/h7-11,17H,12-15H2,1-6H3,(H,23,26)/t17-/m1/s1. The van der Waals surface area contributed by atoms with E-state index in [1.54, 1.807) is 20.8 Å². The topological polar surface area (TPSA) is 88.2 Å². The van der Waals surface area contributed by atoms with Crippen LogP contribution in [-0.4, -0.2) is 64.7 Å². The Morgan fingerprint density at radius 3 is 2.20 bits per heavy atom. The number of amides is 3. The molecular formula is C22H33N3O5. The van der Waals surface area contributed by atoms with Gasteiger partial charge in [-0.25, -0.2) is 9.59 Å². The van der Waals surface area contributed by atoms with Crippen molar-refractivity contribution >= 4 is 18.1 Å². The van der Waals surface area contributed by atoms with Crippen molar-refractivity contribution in [3.63, 3.8) is 0 Å². The van der Waals surface area contributed by atoms with Crippen LogP contribution >= 0.6 is 0 Å². The molecule has 8 heteroatoms. The third kappa shape index (κ3) is 7.24. The van der Waals surface area contributed by atoms with Crippen LogP contribution in [0.2, 0.25) is 0 Å². The number of hydrogen-bond donors (Lipinski definition) is 1. The number of carbonyl (C=O) groups excluding carboxylic acids is 3. The Morgan fingerprint density at radius 2 is 1.63 bits per heavy atom. The molecule has 0 bridgehead atoms. The molecule has 1 aliphatic rings. The molecule has 166 valence electrons. The lowest BCUT2D eigenvalue weighted by atomic mass is 10.1. The van der Waals surface area contributed by atoms with Crippen molar-refractivity contribution in [2.45, 2.75) is 65.3 Å². The molecule has 0 aromatic heterocycles. The van der Waals surface area contributed by atoms with E-state index < -0.39 is 29.4 Å². The molecule has 1 atom stereocenters. The van der Waals surface area contributed by atoms with Crippen molar-refractivity contribution in [2.75, 3.05) is 19.6 Å². The first-order chi connectivity index (χ1) is 13.9. The zero-order valence-electron chi connectivity index (χ0n) is 18.7. The van der Waals surface area contributed by atoms with Gasteiger partial charge >= 0.3 is 12.2 Å². The predicted molar refractivity (Wildman–Crippen MR) is 113 cm³/mol. The third-order valence-corrected chi connectivity index (χ3v) is 4.27. The molecule has 1 fully saturated rings. The fourth-order valence-electron chi connectivity index (χ4n) is 2.98. The lowest BCUT2D eigenvalue weighted by Crippen LogP contribution is -2.63. The smallest absolute Gasteiger partial charge is 0.411 e. The Morgan fingerprint density at radius 1 is 1.00 bits per heavy atom. The first kappa shape index (κ1) is 23.5. The highest BCUT2D eigenvalue weighted by Gasteiger charge is 2.40. The molecule has 0 radical (unpaired) electrons. The van der Waals surface area contributed by atoms with Crippen LogP contribution in [0, 0.1) is 0 Å². The maximum Gasteiger partial charge on any atom is 0.411 e. The van der Waals surface area contributed by atoms with Crippen molar-refractivity contribution < 1.29 is 23.9 Å². The number of rotatable bonds is 3. The second-order valence-electron chi connectivity index (χ2n) is 9.41. The molecule has 1 aromatic carbocycles. The highest BCUT2D eigenvalue weighted by Crippen LogP contribution is 2.18. The Kier molecular flexibility index (Phi) is 7.34. The monoisotopic (exact) mass is 419 g/mol. The average Bonchev–Trinajstić information content (AvgIpc) is 2.63. The summed E-state index contributed by atoms with van der Waals surface area (Å²) in [5.74, 6) is -0.339. The second-order valence-corrected chi connectivity index (χ2v) is 9.41. The van der Waals surface area contributed by atoms with Gasteiger partial charge in [-0.3, -0.25) is 9.69 Å². The SMILES string of the molecule is CC(C)(C)NC(=O)[C@H]1CN(C(=O)OCc2ccccc2)CCN1C(=O)OC(C)(C)C. The molecule has 0 saturated carbocycles. The van der Waals surface area contributed by atoms with Gasteiger partial charge in [0.25, 0.3) is 0 Å². The van der Waals surface area contributed by atoms with Gasteiger partial charge < -0.3 is 19.7 Å². The molecule has 1 saturated heterocycles. The van der Waals surface area contributed by atoms with Crippen LogP contribution in [0.3, 0.4) is 0 Å². The van der Waals surface area contributed by atoms with Crippen molar-refractivity contribution in [1.29, 1.82) is 0 Å². The summed E-state index contributed by atoms with van der Waals surface area (Å²) < 4.78 is 10.9. The van der Waals surface area contributed by atoms with E-state index in [1.165, 1.54) is 9.80 Å². The van der Waals surface area contributed by atoms with Gasteiger partial charge in [0, 0.05) is 18.6 Å². The van der Waals surface area contributed by atoms with Crippen LogP contribution in [-0.2, 0) is 20.9 Å². The molecule has 0 aliphatic carbocycles. The van der Waals surface area contributed by atoms with E-state index in [1.807, 2.05) is 51.1 Å². The number of hydrogen-bond acceptors (Lipinski definition) is 5. The normalized spacial score (nSPS) is 17.3. The fourth-order valence-corrected chi connectivity index (χ4v) is 2.98. The van der Waals surface area contributed by atoms with Gasteiger partial charge in [-0.15, -0.1) is 0 Å². The quantitative estimate of drug-likeness (QED) is 0.813. The van der Waals surface area contributed by atoms with Gasteiger partial charge in [-0.1, -0.05) is 30.3 Å². The third-order valence-electron chi connectivity index (χ3n) is 4.27. The highest BCUT2D eigenvalue weighted by molar-refractivity contribution is 5.87. The minimum atomic E-state index is -0.864. The minimum Gasteiger partial charge on any atom is -0.445 e. The predicted octanol–water partition coefficient (Wildman–Crippen LogP) is 3.16.